The minimum absolute atomic E-state index is 1.30. The Bertz CT molecular complexity index is 1830. The van der Waals surface area contributed by atoms with Gasteiger partial charge in [0.15, 0.2) is 0 Å². The summed E-state index contributed by atoms with van der Waals surface area (Å²) >= 11 is 7.53. The van der Waals surface area contributed by atoms with E-state index in [1.807, 2.05) is 45.3 Å². The Hall–Kier alpha value is -3.02. The lowest BCUT2D eigenvalue weighted by Gasteiger charge is -2.11. The highest BCUT2D eigenvalue weighted by Gasteiger charge is 2.13. The van der Waals surface area contributed by atoms with Crippen molar-refractivity contribution in [1.29, 1.82) is 0 Å². The second kappa shape index (κ2) is 9.32. The lowest BCUT2D eigenvalue weighted by Crippen LogP contribution is -1.86. The van der Waals surface area contributed by atoms with Crippen molar-refractivity contribution in [1.82, 2.24) is 0 Å². The molecule has 4 heteroatoms. The van der Waals surface area contributed by atoms with Crippen LogP contribution in [0.15, 0.2) is 84.9 Å². The van der Waals surface area contributed by atoms with Crippen molar-refractivity contribution in [3.05, 3.63) is 106 Å². The molecule has 0 nitrogen and oxygen atoms in total. The minimum atomic E-state index is 1.30. The van der Waals surface area contributed by atoms with Crippen LogP contribution in [-0.2, 0) is 0 Å². The molecule has 0 atom stereocenters. The van der Waals surface area contributed by atoms with Crippen molar-refractivity contribution < 1.29 is 0 Å². The zero-order valence-electron chi connectivity index (χ0n) is 21.7. The fraction of sp³-hybridized carbons (Fsp3) is 0.118. The maximum absolute atomic E-state index is 2.39. The Kier molecular flexibility index (Phi) is 5.90. The average molecular weight is 563 g/mol. The van der Waals surface area contributed by atoms with Gasteiger partial charge < -0.3 is 0 Å². The molecule has 38 heavy (non-hydrogen) atoms. The van der Waals surface area contributed by atoms with Gasteiger partial charge in [0.2, 0.25) is 0 Å². The lowest BCUT2D eigenvalue weighted by atomic mass is 9.95. The molecule has 0 amide bonds. The van der Waals surface area contributed by atoms with Crippen LogP contribution in [0.1, 0.15) is 20.9 Å². The second-order valence-electron chi connectivity index (χ2n) is 10.0. The highest BCUT2D eigenvalue weighted by atomic mass is 32.1. The van der Waals surface area contributed by atoms with E-state index in [1.54, 1.807) is 0 Å². The van der Waals surface area contributed by atoms with Gasteiger partial charge in [-0.3, -0.25) is 0 Å². The highest BCUT2D eigenvalue weighted by Crippen LogP contribution is 2.42. The van der Waals surface area contributed by atoms with Crippen LogP contribution in [0.25, 0.3) is 61.9 Å². The van der Waals surface area contributed by atoms with E-state index in [-0.39, 0.29) is 0 Å². The molecule has 7 aromatic rings. The summed E-state index contributed by atoms with van der Waals surface area (Å²) in [5, 5.41) is 5.22. The van der Waals surface area contributed by atoms with E-state index in [1.165, 1.54) is 82.8 Å². The Labute approximate surface area is 239 Å². The van der Waals surface area contributed by atoms with Crippen molar-refractivity contribution in [3.8, 4) is 40.4 Å². The van der Waals surface area contributed by atoms with Crippen LogP contribution in [0.4, 0.5) is 0 Å². The number of hydrogen-bond donors (Lipinski definition) is 0. The monoisotopic (exact) mass is 562 g/mol. The summed E-state index contributed by atoms with van der Waals surface area (Å²) in [6.45, 7) is 8.84. The molecule has 0 radical (unpaired) electrons. The molecule has 0 aliphatic heterocycles. The van der Waals surface area contributed by atoms with E-state index in [4.69, 9.17) is 0 Å². The Morgan fingerprint density at radius 2 is 0.684 bits per heavy atom. The van der Waals surface area contributed by atoms with E-state index in [0.29, 0.717) is 0 Å². The number of hydrogen-bond acceptors (Lipinski definition) is 4. The summed E-state index contributed by atoms with van der Waals surface area (Å²) in [5.41, 5.74) is 5.33. The molecule has 0 spiro atoms. The van der Waals surface area contributed by atoms with Crippen LogP contribution in [0, 0.1) is 27.7 Å². The standard InChI is InChI=1S/C34H26S4/c1-19-13-23-15-26-18-28(30-10-12-34(38-30)32-8-6-22(4)36-32)20(2)14-24(26)16-25(23)17-27(19)29-9-11-33(37-29)31-7-5-21(3)35-31/h5-18H,1-4H3. The molecule has 4 aromatic heterocycles. The van der Waals surface area contributed by atoms with Gasteiger partial charge in [-0.15, -0.1) is 45.3 Å². The van der Waals surface area contributed by atoms with Crippen LogP contribution in [-0.4, -0.2) is 0 Å². The van der Waals surface area contributed by atoms with Crippen LogP contribution < -0.4 is 0 Å². The van der Waals surface area contributed by atoms with Crippen molar-refractivity contribution in [3.63, 3.8) is 0 Å². The SMILES string of the molecule is Cc1ccc(-c2ccc(-c3cc4cc5cc(C)c(-c6ccc(-c7ccc(C)s7)s6)cc5cc4cc3C)s2)s1. The first-order valence-electron chi connectivity index (χ1n) is 12.7. The van der Waals surface area contributed by atoms with Gasteiger partial charge in [0.05, 0.1) is 0 Å². The summed E-state index contributed by atoms with van der Waals surface area (Å²) in [4.78, 5) is 10.8. The van der Waals surface area contributed by atoms with Gasteiger partial charge in [-0.25, -0.2) is 0 Å². The molecule has 3 aromatic carbocycles. The number of benzene rings is 3. The molecular formula is C34H26S4. The van der Waals surface area contributed by atoms with E-state index in [9.17, 15) is 0 Å². The maximum atomic E-state index is 2.39. The molecule has 0 bridgehead atoms. The van der Waals surface area contributed by atoms with Crippen molar-refractivity contribution in [2.75, 3.05) is 0 Å². The molecule has 0 saturated heterocycles. The van der Waals surface area contributed by atoms with E-state index >= 15 is 0 Å². The molecular weight excluding hydrogens is 537 g/mol. The molecule has 0 N–H and O–H groups in total. The van der Waals surface area contributed by atoms with Crippen LogP contribution >= 0.6 is 45.3 Å². The fourth-order valence-electron chi connectivity index (χ4n) is 5.22. The summed E-state index contributed by atoms with van der Waals surface area (Å²) < 4.78 is 0. The average Bonchev–Trinajstić information content (AvgIpc) is 3.69. The largest absolute Gasteiger partial charge is 0.140 e. The van der Waals surface area contributed by atoms with E-state index in [2.05, 4.69) is 113 Å². The molecule has 0 fully saturated rings. The predicted molar refractivity (Wildman–Crippen MR) is 174 cm³/mol. The van der Waals surface area contributed by atoms with Crippen molar-refractivity contribution >= 4 is 66.9 Å². The smallest absolute Gasteiger partial charge is 0.0449 e. The molecule has 4 heterocycles. The predicted octanol–water partition coefficient (Wildman–Crippen LogP) is 12.1. The topological polar surface area (TPSA) is 0 Å². The Balaban J connectivity index is 1.28. The third-order valence-electron chi connectivity index (χ3n) is 7.19. The third-order valence-corrected chi connectivity index (χ3v) is 11.8. The normalized spacial score (nSPS) is 11.7. The van der Waals surface area contributed by atoms with Crippen LogP contribution in [0.5, 0.6) is 0 Å². The van der Waals surface area contributed by atoms with Crippen molar-refractivity contribution in [2.24, 2.45) is 0 Å². The van der Waals surface area contributed by atoms with Gasteiger partial charge in [0.25, 0.3) is 0 Å². The van der Waals surface area contributed by atoms with Gasteiger partial charge in [-0.05, 0) is 144 Å². The van der Waals surface area contributed by atoms with Gasteiger partial charge in [0, 0.05) is 39.0 Å². The lowest BCUT2D eigenvalue weighted by molar-refractivity contribution is 1.50. The van der Waals surface area contributed by atoms with Gasteiger partial charge in [-0.2, -0.15) is 0 Å². The highest BCUT2D eigenvalue weighted by molar-refractivity contribution is 7.24. The Morgan fingerprint density at radius 3 is 1.08 bits per heavy atom. The first-order valence-corrected chi connectivity index (χ1v) is 16.0. The van der Waals surface area contributed by atoms with Gasteiger partial charge in [0.1, 0.15) is 0 Å². The number of thiophene rings is 4. The molecule has 0 unspecified atom stereocenters. The van der Waals surface area contributed by atoms with Gasteiger partial charge >= 0.3 is 0 Å². The fourth-order valence-corrected chi connectivity index (χ4v) is 9.31. The molecule has 0 aliphatic rings. The van der Waals surface area contributed by atoms with Crippen molar-refractivity contribution in [2.45, 2.75) is 27.7 Å². The molecule has 0 saturated carbocycles. The molecule has 0 aliphatic carbocycles. The number of rotatable bonds is 4. The number of aryl methyl sites for hydroxylation is 4. The number of fused-ring (bicyclic) bond motifs is 2. The Morgan fingerprint density at radius 1 is 0.342 bits per heavy atom. The minimum Gasteiger partial charge on any atom is -0.140 e. The van der Waals surface area contributed by atoms with Gasteiger partial charge in [-0.1, -0.05) is 12.1 Å². The molecule has 186 valence electrons. The first-order chi connectivity index (χ1) is 18.4. The van der Waals surface area contributed by atoms with E-state index in [0.717, 1.165) is 0 Å². The maximum Gasteiger partial charge on any atom is 0.0449 e. The second-order valence-corrected chi connectivity index (χ2v) is 14.8. The summed E-state index contributed by atoms with van der Waals surface area (Å²) in [7, 11) is 0. The zero-order chi connectivity index (χ0) is 26.0. The summed E-state index contributed by atoms with van der Waals surface area (Å²) in [6.07, 6.45) is 0. The first kappa shape index (κ1) is 24.1. The molecule has 7 rings (SSSR count). The van der Waals surface area contributed by atoms with Crippen LogP contribution in [0.2, 0.25) is 0 Å². The summed E-state index contributed by atoms with van der Waals surface area (Å²) in [5.74, 6) is 0. The van der Waals surface area contributed by atoms with E-state index < -0.39 is 0 Å². The zero-order valence-corrected chi connectivity index (χ0v) is 25.0. The van der Waals surface area contributed by atoms with Crippen LogP contribution in [0.3, 0.4) is 0 Å². The summed E-state index contributed by atoms with van der Waals surface area (Å²) in [6, 6.07) is 32.3. The third kappa shape index (κ3) is 4.26. The quantitative estimate of drug-likeness (QED) is 0.187.